The molecule has 1 rings (SSSR count). The highest BCUT2D eigenvalue weighted by atomic mass is 16.2. The van der Waals surface area contributed by atoms with E-state index in [0.717, 1.165) is 0 Å². The zero-order valence-corrected chi connectivity index (χ0v) is 10.3. The van der Waals surface area contributed by atoms with Gasteiger partial charge in [-0.25, -0.2) is 4.79 Å². The Kier molecular flexibility index (Phi) is 2.38. The molecule has 4 heteroatoms. The number of amides is 3. The van der Waals surface area contributed by atoms with E-state index in [1.165, 1.54) is 0 Å². The van der Waals surface area contributed by atoms with Crippen molar-refractivity contribution in [2.75, 3.05) is 0 Å². The van der Waals surface area contributed by atoms with E-state index in [1.54, 1.807) is 0 Å². The van der Waals surface area contributed by atoms with Gasteiger partial charge in [-0.1, -0.05) is 41.5 Å². The Morgan fingerprint density at radius 2 is 1.33 bits per heavy atom. The Morgan fingerprint density at radius 3 is 1.47 bits per heavy atom. The average molecular weight is 212 g/mol. The van der Waals surface area contributed by atoms with Crippen molar-refractivity contribution in [3.8, 4) is 0 Å². The van der Waals surface area contributed by atoms with E-state index in [1.807, 2.05) is 41.5 Å². The third-order valence-electron chi connectivity index (χ3n) is 3.12. The number of hydrogen-bond donors (Lipinski definition) is 2. The fraction of sp³-hybridized carbons (Fsp3) is 0.818. The quantitative estimate of drug-likeness (QED) is 0.600. The predicted octanol–water partition coefficient (Wildman–Crippen LogP) is 1.66. The van der Waals surface area contributed by atoms with Crippen LogP contribution in [0.2, 0.25) is 0 Å². The summed E-state index contributed by atoms with van der Waals surface area (Å²) in [6, 6.07) is -0.398. The third-order valence-corrected chi connectivity index (χ3v) is 3.12. The summed E-state index contributed by atoms with van der Waals surface area (Å²) < 4.78 is 0. The summed E-state index contributed by atoms with van der Waals surface area (Å²) in [4.78, 5) is 23.3. The number of hydrogen-bond acceptors (Lipinski definition) is 2. The maximum absolute atomic E-state index is 12.0. The van der Waals surface area contributed by atoms with Crippen molar-refractivity contribution in [2.45, 2.75) is 47.1 Å². The molecule has 0 unspecified atom stereocenters. The highest BCUT2D eigenvalue weighted by Crippen LogP contribution is 2.45. The first-order valence-electron chi connectivity index (χ1n) is 5.16. The molecule has 3 amide bonds. The largest absolute Gasteiger partial charge is 0.322 e. The van der Waals surface area contributed by atoms with Crippen LogP contribution in [-0.2, 0) is 4.79 Å². The first-order chi connectivity index (χ1) is 6.52. The molecule has 0 aromatic heterocycles. The van der Waals surface area contributed by atoms with Gasteiger partial charge in [0.15, 0.2) is 0 Å². The summed E-state index contributed by atoms with van der Waals surface area (Å²) in [7, 11) is 0. The molecule has 15 heavy (non-hydrogen) atoms. The van der Waals surface area contributed by atoms with Crippen molar-refractivity contribution in [2.24, 2.45) is 10.8 Å². The van der Waals surface area contributed by atoms with Gasteiger partial charge in [0.05, 0.1) is 0 Å². The lowest BCUT2D eigenvalue weighted by molar-refractivity contribution is -0.133. The van der Waals surface area contributed by atoms with Crippen LogP contribution >= 0.6 is 0 Å². The maximum atomic E-state index is 12.0. The van der Waals surface area contributed by atoms with E-state index < -0.39 is 11.6 Å². The highest BCUT2D eigenvalue weighted by molar-refractivity contribution is 6.08. The van der Waals surface area contributed by atoms with Crippen LogP contribution < -0.4 is 10.6 Å². The zero-order chi connectivity index (χ0) is 12.1. The molecule has 0 aromatic rings. The van der Waals surface area contributed by atoms with Crippen LogP contribution in [0.15, 0.2) is 0 Å². The minimum absolute atomic E-state index is 0.229. The number of imide groups is 1. The monoisotopic (exact) mass is 212 g/mol. The zero-order valence-electron chi connectivity index (χ0n) is 10.3. The van der Waals surface area contributed by atoms with Gasteiger partial charge in [0.1, 0.15) is 5.54 Å². The molecule has 1 saturated heterocycles. The Labute approximate surface area is 90.8 Å². The third kappa shape index (κ3) is 1.52. The van der Waals surface area contributed by atoms with Gasteiger partial charge in [0.2, 0.25) is 0 Å². The molecule has 1 heterocycles. The molecule has 0 bridgehead atoms. The summed E-state index contributed by atoms with van der Waals surface area (Å²) in [5.74, 6) is -0.229. The molecule has 0 aliphatic carbocycles. The molecular formula is C11H20N2O2. The number of carbonyl (C=O) groups excluding carboxylic acids is 2. The van der Waals surface area contributed by atoms with Gasteiger partial charge in [0.25, 0.3) is 5.91 Å². The van der Waals surface area contributed by atoms with E-state index in [0.29, 0.717) is 0 Å². The summed E-state index contributed by atoms with van der Waals surface area (Å²) in [6.45, 7) is 11.8. The molecule has 2 N–H and O–H groups in total. The van der Waals surface area contributed by atoms with E-state index >= 15 is 0 Å². The Hall–Kier alpha value is -1.06. The molecule has 1 fully saturated rings. The second-order valence-electron chi connectivity index (χ2n) is 6.16. The van der Waals surface area contributed by atoms with Crippen molar-refractivity contribution < 1.29 is 9.59 Å². The van der Waals surface area contributed by atoms with Crippen molar-refractivity contribution in [1.82, 2.24) is 10.6 Å². The fourth-order valence-electron chi connectivity index (χ4n) is 2.64. The summed E-state index contributed by atoms with van der Waals surface area (Å²) >= 11 is 0. The van der Waals surface area contributed by atoms with Gasteiger partial charge >= 0.3 is 6.03 Å². The van der Waals surface area contributed by atoms with Crippen molar-refractivity contribution in [3.05, 3.63) is 0 Å². The normalized spacial score (nSPS) is 21.2. The van der Waals surface area contributed by atoms with Crippen LogP contribution in [0.25, 0.3) is 0 Å². The lowest BCUT2D eigenvalue weighted by atomic mass is 9.60. The van der Waals surface area contributed by atoms with E-state index in [4.69, 9.17) is 0 Å². The van der Waals surface area contributed by atoms with Crippen LogP contribution in [0.4, 0.5) is 4.79 Å². The minimum Gasteiger partial charge on any atom is -0.322 e. The lowest BCUT2D eigenvalue weighted by Gasteiger charge is -2.48. The van der Waals surface area contributed by atoms with Gasteiger partial charge < -0.3 is 5.32 Å². The van der Waals surface area contributed by atoms with Gasteiger partial charge in [-0.05, 0) is 10.8 Å². The smallest absolute Gasteiger partial charge is 0.322 e. The molecule has 0 aromatic carbocycles. The Balaban J connectivity index is 3.33. The second kappa shape index (κ2) is 2.97. The molecule has 4 nitrogen and oxygen atoms in total. The number of carbonyl (C=O) groups is 2. The summed E-state index contributed by atoms with van der Waals surface area (Å²) in [6.07, 6.45) is 0. The van der Waals surface area contributed by atoms with Crippen LogP contribution in [0.3, 0.4) is 0 Å². The Morgan fingerprint density at radius 1 is 0.933 bits per heavy atom. The maximum Gasteiger partial charge on any atom is 0.322 e. The van der Waals surface area contributed by atoms with E-state index in [-0.39, 0.29) is 16.7 Å². The number of urea groups is 1. The molecule has 0 spiro atoms. The standard InChI is InChI=1S/C11H20N2O2/c1-9(2,3)11(10(4,5)6)7(14)12-8(15)13-11/h1-6H3,(H2,12,13,14,15). The number of nitrogens with one attached hydrogen (secondary N) is 2. The highest BCUT2D eigenvalue weighted by Gasteiger charge is 2.60. The van der Waals surface area contributed by atoms with E-state index in [2.05, 4.69) is 10.6 Å². The molecule has 1 aliphatic heterocycles. The SMILES string of the molecule is CC(C)(C)C1(C(C)(C)C)NC(=O)NC1=O. The topological polar surface area (TPSA) is 58.2 Å². The summed E-state index contributed by atoms with van der Waals surface area (Å²) in [5, 5.41) is 5.13. The van der Waals surface area contributed by atoms with Gasteiger partial charge in [-0.2, -0.15) is 0 Å². The molecule has 0 radical (unpaired) electrons. The fourth-order valence-corrected chi connectivity index (χ4v) is 2.64. The van der Waals surface area contributed by atoms with Gasteiger partial charge in [-0.3, -0.25) is 10.1 Å². The number of rotatable bonds is 0. The predicted molar refractivity (Wildman–Crippen MR) is 58.3 cm³/mol. The average Bonchev–Trinajstić information content (AvgIpc) is 2.23. The van der Waals surface area contributed by atoms with Crippen LogP contribution in [-0.4, -0.2) is 17.5 Å². The molecule has 86 valence electrons. The van der Waals surface area contributed by atoms with Crippen LogP contribution in [0.5, 0.6) is 0 Å². The molecular weight excluding hydrogens is 192 g/mol. The van der Waals surface area contributed by atoms with Crippen LogP contribution in [0.1, 0.15) is 41.5 Å². The molecule has 0 saturated carbocycles. The molecule has 1 aliphatic rings. The summed E-state index contributed by atoms with van der Waals surface area (Å²) in [5.41, 5.74) is -1.51. The van der Waals surface area contributed by atoms with Gasteiger partial charge in [-0.15, -0.1) is 0 Å². The van der Waals surface area contributed by atoms with Crippen molar-refractivity contribution >= 4 is 11.9 Å². The second-order valence-corrected chi connectivity index (χ2v) is 6.16. The van der Waals surface area contributed by atoms with E-state index in [9.17, 15) is 9.59 Å². The Bertz CT molecular complexity index is 294. The van der Waals surface area contributed by atoms with Gasteiger partial charge in [0, 0.05) is 0 Å². The first-order valence-corrected chi connectivity index (χ1v) is 5.16. The minimum atomic E-state index is -0.850. The van der Waals surface area contributed by atoms with Crippen molar-refractivity contribution in [1.29, 1.82) is 0 Å². The van der Waals surface area contributed by atoms with Crippen molar-refractivity contribution in [3.63, 3.8) is 0 Å². The lowest BCUT2D eigenvalue weighted by Crippen LogP contribution is -2.64. The van der Waals surface area contributed by atoms with Crippen LogP contribution in [0, 0.1) is 10.8 Å². The molecule has 0 atom stereocenters. The first kappa shape index (κ1) is 12.0.